The fraction of sp³-hybridized carbons (Fsp3) is 0. The van der Waals surface area contributed by atoms with Crippen LogP contribution in [0.4, 0.5) is 5.69 Å². The lowest BCUT2D eigenvalue weighted by atomic mass is 10.1. The number of rotatable bonds is 2. The predicted molar refractivity (Wildman–Crippen MR) is 61.3 cm³/mol. The van der Waals surface area contributed by atoms with Crippen LogP contribution in [0.15, 0.2) is 42.6 Å². The maximum Gasteiger partial charge on any atom is 0.313 e. The van der Waals surface area contributed by atoms with E-state index in [-0.39, 0.29) is 16.4 Å². The molecular weight excluding hydrogens is 228 g/mol. The van der Waals surface area contributed by atoms with Crippen LogP contribution in [0.5, 0.6) is 0 Å². The zero-order valence-corrected chi connectivity index (χ0v) is 8.89. The second-order valence-corrected chi connectivity index (χ2v) is 3.52. The summed E-state index contributed by atoms with van der Waals surface area (Å²) in [6.45, 7) is 0. The smallest absolute Gasteiger partial charge is 0.258 e. The van der Waals surface area contributed by atoms with Crippen molar-refractivity contribution < 1.29 is 4.92 Å². The number of aromatic nitrogens is 1. The molecule has 0 amide bonds. The Hall–Kier alpha value is -1.94. The van der Waals surface area contributed by atoms with Crippen molar-refractivity contribution in [1.82, 2.24) is 4.98 Å². The first-order chi connectivity index (χ1) is 7.70. The Kier molecular flexibility index (Phi) is 2.83. The van der Waals surface area contributed by atoms with Crippen LogP contribution in [0.3, 0.4) is 0 Å². The molecule has 0 fully saturated rings. The van der Waals surface area contributed by atoms with E-state index in [1.807, 2.05) is 6.07 Å². The molecule has 1 heterocycles. The number of nitro groups is 1. The van der Waals surface area contributed by atoms with Crippen molar-refractivity contribution in [1.29, 1.82) is 0 Å². The molecule has 1 aromatic carbocycles. The van der Waals surface area contributed by atoms with Gasteiger partial charge in [0, 0.05) is 11.8 Å². The molecule has 2 aromatic rings. The molecule has 0 spiro atoms. The summed E-state index contributed by atoms with van der Waals surface area (Å²) in [5.74, 6) is 0. The standard InChI is InChI=1S/C11H7ClN2O2/c12-9-6-7-13-10(11(9)14(15)16)8-4-2-1-3-5-8/h1-7H. The average molecular weight is 235 g/mol. The van der Waals surface area contributed by atoms with Gasteiger partial charge >= 0.3 is 5.69 Å². The highest BCUT2D eigenvalue weighted by atomic mass is 35.5. The van der Waals surface area contributed by atoms with Crippen molar-refractivity contribution in [3.8, 4) is 11.3 Å². The van der Waals surface area contributed by atoms with Gasteiger partial charge in [-0.1, -0.05) is 41.9 Å². The fourth-order valence-electron chi connectivity index (χ4n) is 1.41. The van der Waals surface area contributed by atoms with Crippen LogP contribution in [0.25, 0.3) is 11.3 Å². The van der Waals surface area contributed by atoms with Crippen molar-refractivity contribution >= 4 is 17.3 Å². The molecule has 0 saturated carbocycles. The highest BCUT2D eigenvalue weighted by Gasteiger charge is 2.20. The van der Waals surface area contributed by atoms with Crippen molar-refractivity contribution in [2.45, 2.75) is 0 Å². The molecule has 1 aromatic heterocycles. The van der Waals surface area contributed by atoms with Gasteiger partial charge in [-0.05, 0) is 6.07 Å². The van der Waals surface area contributed by atoms with Gasteiger partial charge in [0.25, 0.3) is 0 Å². The minimum atomic E-state index is -0.516. The molecule has 0 unspecified atom stereocenters. The number of halogens is 1. The largest absolute Gasteiger partial charge is 0.313 e. The highest BCUT2D eigenvalue weighted by molar-refractivity contribution is 6.33. The molecule has 80 valence electrons. The van der Waals surface area contributed by atoms with Crippen LogP contribution in [0.1, 0.15) is 0 Å². The lowest BCUT2D eigenvalue weighted by molar-refractivity contribution is -0.384. The second kappa shape index (κ2) is 4.28. The van der Waals surface area contributed by atoms with E-state index < -0.39 is 4.92 Å². The Labute approximate surface area is 96.7 Å². The predicted octanol–water partition coefficient (Wildman–Crippen LogP) is 3.31. The van der Waals surface area contributed by atoms with Crippen LogP contribution < -0.4 is 0 Å². The maximum absolute atomic E-state index is 10.9. The van der Waals surface area contributed by atoms with Gasteiger partial charge in [-0.3, -0.25) is 10.1 Å². The fourth-order valence-corrected chi connectivity index (χ4v) is 1.63. The third-order valence-corrected chi connectivity index (χ3v) is 2.41. The molecule has 0 bridgehead atoms. The number of benzene rings is 1. The van der Waals surface area contributed by atoms with E-state index in [0.717, 1.165) is 0 Å². The van der Waals surface area contributed by atoms with Gasteiger partial charge in [0.2, 0.25) is 0 Å². The molecule has 0 N–H and O–H groups in total. The van der Waals surface area contributed by atoms with Gasteiger partial charge in [-0.25, -0.2) is 4.98 Å². The van der Waals surface area contributed by atoms with E-state index >= 15 is 0 Å². The summed E-state index contributed by atoms with van der Waals surface area (Å²) in [7, 11) is 0. The summed E-state index contributed by atoms with van der Waals surface area (Å²) in [5.41, 5.74) is 0.810. The van der Waals surface area contributed by atoms with Gasteiger partial charge in [-0.15, -0.1) is 0 Å². The Bertz CT molecular complexity index is 529. The molecule has 5 heteroatoms. The molecule has 2 rings (SSSR count). The quantitative estimate of drug-likeness (QED) is 0.592. The summed E-state index contributed by atoms with van der Waals surface area (Å²) < 4.78 is 0. The summed E-state index contributed by atoms with van der Waals surface area (Å²) in [6.07, 6.45) is 1.46. The van der Waals surface area contributed by atoms with E-state index in [4.69, 9.17) is 11.6 Å². The van der Waals surface area contributed by atoms with Crippen LogP contribution in [0, 0.1) is 10.1 Å². The Morgan fingerprint density at radius 1 is 1.19 bits per heavy atom. The summed E-state index contributed by atoms with van der Waals surface area (Å²) in [5, 5.41) is 11.0. The zero-order valence-electron chi connectivity index (χ0n) is 8.13. The number of hydrogen-bond donors (Lipinski definition) is 0. The Balaban J connectivity index is 2.66. The molecule has 0 aliphatic heterocycles. The average Bonchev–Trinajstić information content (AvgIpc) is 2.29. The molecule has 16 heavy (non-hydrogen) atoms. The van der Waals surface area contributed by atoms with E-state index in [9.17, 15) is 10.1 Å². The van der Waals surface area contributed by atoms with Crippen LogP contribution in [0.2, 0.25) is 5.02 Å². The van der Waals surface area contributed by atoms with Crippen LogP contribution in [-0.4, -0.2) is 9.91 Å². The molecule has 0 saturated heterocycles. The minimum absolute atomic E-state index is 0.0962. The van der Waals surface area contributed by atoms with Crippen molar-refractivity contribution in [3.05, 3.63) is 57.7 Å². The van der Waals surface area contributed by atoms with Gasteiger partial charge in [0.05, 0.1) is 4.92 Å². The first kappa shape index (κ1) is 10.6. The summed E-state index contributed by atoms with van der Waals surface area (Å²) in [4.78, 5) is 14.4. The number of pyridine rings is 1. The molecule has 0 aliphatic rings. The molecular formula is C11H7ClN2O2. The summed E-state index contributed by atoms with van der Waals surface area (Å²) in [6, 6.07) is 10.3. The first-order valence-corrected chi connectivity index (χ1v) is 4.92. The Morgan fingerprint density at radius 2 is 1.88 bits per heavy atom. The highest BCUT2D eigenvalue weighted by Crippen LogP contribution is 2.33. The van der Waals surface area contributed by atoms with E-state index in [1.165, 1.54) is 12.3 Å². The normalized spacial score (nSPS) is 10.1. The molecule has 0 aliphatic carbocycles. The third-order valence-electron chi connectivity index (χ3n) is 2.10. The Morgan fingerprint density at radius 3 is 2.50 bits per heavy atom. The monoisotopic (exact) mass is 234 g/mol. The van der Waals surface area contributed by atoms with Crippen molar-refractivity contribution in [2.75, 3.05) is 0 Å². The lowest BCUT2D eigenvalue weighted by Crippen LogP contribution is -1.95. The lowest BCUT2D eigenvalue weighted by Gasteiger charge is -2.02. The van der Waals surface area contributed by atoms with Gasteiger partial charge < -0.3 is 0 Å². The zero-order chi connectivity index (χ0) is 11.5. The van der Waals surface area contributed by atoms with Gasteiger partial charge in [0.15, 0.2) is 0 Å². The van der Waals surface area contributed by atoms with E-state index in [2.05, 4.69) is 4.98 Å². The van der Waals surface area contributed by atoms with Gasteiger partial charge in [0.1, 0.15) is 10.7 Å². The maximum atomic E-state index is 10.9. The van der Waals surface area contributed by atoms with E-state index in [1.54, 1.807) is 24.3 Å². The molecule has 4 nitrogen and oxygen atoms in total. The topological polar surface area (TPSA) is 56.0 Å². The molecule has 0 atom stereocenters. The minimum Gasteiger partial charge on any atom is -0.258 e. The van der Waals surface area contributed by atoms with E-state index in [0.29, 0.717) is 5.56 Å². The number of hydrogen-bond acceptors (Lipinski definition) is 3. The van der Waals surface area contributed by atoms with Crippen LogP contribution in [-0.2, 0) is 0 Å². The van der Waals surface area contributed by atoms with Crippen LogP contribution >= 0.6 is 11.6 Å². The molecule has 0 radical (unpaired) electrons. The second-order valence-electron chi connectivity index (χ2n) is 3.11. The SMILES string of the molecule is O=[N+]([O-])c1c(Cl)ccnc1-c1ccccc1. The van der Waals surface area contributed by atoms with Crippen molar-refractivity contribution in [3.63, 3.8) is 0 Å². The van der Waals surface area contributed by atoms with Gasteiger partial charge in [-0.2, -0.15) is 0 Å². The first-order valence-electron chi connectivity index (χ1n) is 4.54. The number of nitrogens with zero attached hydrogens (tertiary/aromatic N) is 2. The summed E-state index contributed by atoms with van der Waals surface area (Å²) >= 11 is 5.79. The third kappa shape index (κ3) is 1.87. The van der Waals surface area contributed by atoms with Crippen molar-refractivity contribution in [2.24, 2.45) is 0 Å².